The highest BCUT2D eigenvalue weighted by molar-refractivity contribution is 6.01. The number of nitrogens with two attached hydrogens (primary N) is 1. The number of ketones is 1. The molecule has 3 rings (SSSR count). The number of hydrogen-bond donors (Lipinski definition) is 2. The quantitative estimate of drug-likeness (QED) is 0.457. The molecule has 1 aromatic rings. The number of hydrogen-bond acceptors (Lipinski definition) is 6. The number of likely N-dealkylation sites (tertiary alicyclic amines) is 2. The van der Waals surface area contributed by atoms with E-state index in [0.29, 0.717) is 24.9 Å². The third-order valence-corrected chi connectivity index (χ3v) is 8.10. The highest BCUT2D eigenvalue weighted by Gasteiger charge is 2.52. The SMILES string of the molecule is CCC(C)C(N)C(=O)N1CC(=O)C2C1CCN2C(=O)C(CC(C)C)NC(=O)c1ccc(N(CC)CC)cc1. The van der Waals surface area contributed by atoms with Crippen molar-refractivity contribution in [3.05, 3.63) is 29.8 Å². The average Bonchev–Trinajstić information content (AvgIpc) is 3.48. The molecular weight excluding hydrogens is 482 g/mol. The van der Waals surface area contributed by atoms with Crippen molar-refractivity contribution in [2.45, 2.75) is 85.0 Å². The second-order valence-corrected chi connectivity index (χ2v) is 11.1. The second-order valence-electron chi connectivity index (χ2n) is 11.1. The molecule has 2 aliphatic heterocycles. The molecule has 2 heterocycles. The van der Waals surface area contributed by atoms with Crippen molar-refractivity contribution in [2.75, 3.05) is 31.1 Å². The molecule has 38 heavy (non-hydrogen) atoms. The molecule has 2 aliphatic rings. The third-order valence-electron chi connectivity index (χ3n) is 8.10. The van der Waals surface area contributed by atoms with E-state index in [0.717, 1.165) is 25.2 Å². The van der Waals surface area contributed by atoms with E-state index in [4.69, 9.17) is 5.73 Å². The van der Waals surface area contributed by atoms with Gasteiger partial charge in [0.05, 0.1) is 18.6 Å². The monoisotopic (exact) mass is 527 g/mol. The maximum absolute atomic E-state index is 13.7. The topological polar surface area (TPSA) is 116 Å². The average molecular weight is 528 g/mol. The smallest absolute Gasteiger partial charge is 0.251 e. The molecule has 9 nitrogen and oxygen atoms in total. The molecule has 9 heteroatoms. The maximum Gasteiger partial charge on any atom is 0.251 e. The van der Waals surface area contributed by atoms with Gasteiger partial charge < -0.3 is 25.8 Å². The normalized spacial score (nSPS) is 21.3. The van der Waals surface area contributed by atoms with Crippen molar-refractivity contribution in [1.29, 1.82) is 0 Å². The largest absolute Gasteiger partial charge is 0.372 e. The number of fused-ring (bicyclic) bond motifs is 1. The maximum atomic E-state index is 13.7. The molecule has 210 valence electrons. The fourth-order valence-electron chi connectivity index (χ4n) is 5.59. The molecule has 0 spiro atoms. The predicted octanol–water partition coefficient (Wildman–Crippen LogP) is 2.43. The summed E-state index contributed by atoms with van der Waals surface area (Å²) >= 11 is 0. The summed E-state index contributed by atoms with van der Waals surface area (Å²) < 4.78 is 0. The number of carbonyl (C=O) groups excluding carboxylic acids is 4. The summed E-state index contributed by atoms with van der Waals surface area (Å²) in [7, 11) is 0. The van der Waals surface area contributed by atoms with Crippen LogP contribution in [0.25, 0.3) is 0 Å². The first-order valence-electron chi connectivity index (χ1n) is 14.1. The van der Waals surface area contributed by atoms with Gasteiger partial charge in [-0.1, -0.05) is 34.1 Å². The molecule has 5 atom stereocenters. The Morgan fingerprint density at radius 3 is 2.21 bits per heavy atom. The first-order valence-corrected chi connectivity index (χ1v) is 14.1. The summed E-state index contributed by atoms with van der Waals surface area (Å²) in [5, 5.41) is 2.93. The van der Waals surface area contributed by atoms with Crippen molar-refractivity contribution in [1.82, 2.24) is 15.1 Å². The van der Waals surface area contributed by atoms with Gasteiger partial charge in [0.15, 0.2) is 5.78 Å². The van der Waals surface area contributed by atoms with Crippen molar-refractivity contribution >= 4 is 29.2 Å². The summed E-state index contributed by atoms with van der Waals surface area (Å²) in [6, 6.07) is 4.90. The molecule has 2 saturated heterocycles. The molecule has 5 unspecified atom stereocenters. The lowest BCUT2D eigenvalue weighted by atomic mass is 9.98. The van der Waals surface area contributed by atoms with E-state index in [1.54, 1.807) is 21.9 Å². The Balaban J connectivity index is 1.74. The Hall–Kier alpha value is -2.94. The van der Waals surface area contributed by atoms with Crippen LogP contribution in [0.15, 0.2) is 24.3 Å². The predicted molar refractivity (Wildman–Crippen MR) is 149 cm³/mol. The van der Waals surface area contributed by atoms with Crippen LogP contribution in [0.5, 0.6) is 0 Å². The molecule has 0 aromatic heterocycles. The Morgan fingerprint density at radius 2 is 1.66 bits per heavy atom. The lowest BCUT2D eigenvalue weighted by Crippen LogP contribution is -2.53. The highest BCUT2D eigenvalue weighted by atomic mass is 16.2. The van der Waals surface area contributed by atoms with E-state index < -0.39 is 18.1 Å². The Kier molecular flexibility index (Phi) is 9.93. The molecule has 0 saturated carbocycles. The van der Waals surface area contributed by atoms with E-state index in [2.05, 4.69) is 24.1 Å². The van der Waals surface area contributed by atoms with Crippen LogP contribution in [0.4, 0.5) is 5.69 Å². The second kappa shape index (κ2) is 12.7. The molecule has 1 aromatic carbocycles. The van der Waals surface area contributed by atoms with Gasteiger partial charge in [0.25, 0.3) is 5.91 Å². The van der Waals surface area contributed by atoms with Crippen LogP contribution in [0.3, 0.4) is 0 Å². The molecule has 0 aliphatic carbocycles. The van der Waals surface area contributed by atoms with Gasteiger partial charge in [0.2, 0.25) is 11.8 Å². The van der Waals surface area contributed by atoms with E-state index in [-0.39, 0.29) is 47.9 Å². The van der Waals surface area contributed by atoms with Crippen molar-refractivity contribution in [3.63, 3.8) is 0 Å². The van der Waals surface area contributed by atoms with Crippen molar-refractivity contribution < 1.29 is 19.2 Å². The minimum atomic E-state index is -0.761. The third kappa shape index (κ3) is 6.20. The van der Waals surface area contributed by atoms with Gasteiger partial charge in [-0.2, -0.15) is 0 Å². The minimum absolute atomic E-state index is 0.00232. The van der Waals surface area contributed by atoms with E-state index in [1.165, 1.54) is 0 Å². The molecular formula is C29H45N5O4. The van der Waals surface area contributed by atoms with Crippen LogP contribution in [0.2, 0.25) is 0 Å². The number of anilines is 1. The van der Waals surface area contributed by atoms with Gasteiger partial charge in [-0.25, -0.2) is 0 Å². The number of benzene rings is 1. The Bertz CT molecular complexity index is 1010. The van der Waals surface area contributed by atoms with Crippen LogP contribution in [0, 0.1) is 11.8 Å². The van der Waals surface area contributed by atoms with Crippen LogP contribution in [-0.2, 0) is 14.4 Å². The molecule has 2 fully saturated rings. The summed E-state index contributed by atoms with van der Waals surface area (Å²) in [6.45, 7) is 14.1. The van der Waals surface area contributed by atoms with Gasteiger partial charge in [-0.3, -0.25) is 19.2 Å². The van der Waals surface area contributed by atoms with Crippen LogP contribution in [-0.4, -0.2) is 83.7 Å². The zero-order chi connectivity index (χ0) is 28.1. The first kappa shape index (κ1) is 29.6. The Labute approximate surface area is 227 Å². The number of carbonyl (C=O) groups is 4. The summed E-state index contributed by atoms with van der Waals surface area (Å²) in [5.74, 6) is -0.809. The number of nitrogens with one attached hydrogen (secondary N) is 1. The lowest BCUT2D eigenvalue weighted by molar-refractivity contribution is -0.138. The Morgan fingerprint density at radius 1 is 1.03 bits per heavy atom. The fraction of sp³-hybridized carbons (Fsp3) is 0.655. The van der Waals surface area contributed by atoms with Gasteiger partial charge in [-0.05, 0) is 62.8 Å². The zero-order valence-electron chi connectivity index (χ0n) is 23.8. The zero-order valence-corrected chi connectivity index (χ0v) is 23.8. The van der Waals surface area contributed by atoms with E-state index in [9.17, 15) is 19.2 Å². The lowest BCUT2D eigenvalue weighted by Gasteiger charge is -2.30. The summed E-state index contributed by atoms with van der Waals surface area (Å²) in [6.07, 6.45) is 1.74. The van der Waals surface area contributed by atoms with Crippen LogP contribution >= 0.6 is 0 Å². The molecule has 0 bridgehead atoms. The summed E-state index contributed by atoms with van der Waals surface area (Å²) in [4.78, 5) is 58.4. The number of Topliss-reactive ketones (excluding diaryl/α,β-unsaturated/α-hetero) is 1. The van der Waals surface area contributed by atoms with Crippen LogP contribution < -0.4 is 16.0 Å². The van der Waals surface area contributed by atoms with Gasteiger partial charge in [0.1, 0.15) is 12.1 Å². The number of rotatable bonds is 11. The molecule has 3 amide bonds. The van der Waals surface area contributed by atoms with Crippen molar-refractivity contribution in [2.24, 2.45) is 17.6 Å². The van der Waals surface area contributed by atoms with E-state index in [1.807, 2.05) is 39.8 Å². The van der Waals surface area contributed by atoms with Gasteiger partial charge in [-0.15, -0.1) is 0 Å². The minimum Gasteiger partial charge on any atom is -0.372 e. The van der Waals surface area contributed by atoms with Gasteiger partial charge >= 0.3 is 0 Å². The van der Waals surface area contributed by atoms with Gasteiger partial charge in [0, 0.05) is 30.9 Å². The van der Waals surface area contributed by atoms with Crippen LogP contribution in [0.1, 0.15) is 71.2 Å². The standard InChI is InChI=1S/C29H45N5O4/c1-7-19(6)25(30)29(38)34-17-24(35)26-23(34)14-15-33(26)28(37)22(16-18(4)5)31-27(36)20-10-12-21(13-11-20)32(8-2)9-3/h10-13,18-19,22-23,25-26H,7-9,14-17,30H2,1-6H3,(H,31,36). The highest BCUT2D eigenvalue weighted by Crippen LogP contribution is 2.31. The summed E-state index contributed by atoms with van der Waals surface area (Å²) in [5.41, 5.74) is 7.71. The van der Waals surface area contributed by atoms with E-state index >= 15 is 0 Å². The fourth-order valence-corrected chi connectivity index (χ4v) is 5.59. The first-order chi connectivity index (χ1) is 18.0. The molecule has 0 radical (unpaired) electrons. The number of nitrogens with zero attached hydrogens (tertiary/aromatic N) is 3. The van der Waals surface area contributed by atoms with Crippen molar-refractivity contribution in [3.8, 4) is 0 Å². The number of amides is 3. The molecule has 3 N–H and O–H groups in total.